The van der Waals surface area contributed by atoms with Gasteiger partial charge in [-0.3, -0.25) is 0 Å². The van der Waals surface area contributed by atoms with Crippen LogP contribution in [0.4, 0.5) is 0 Å². The Hall–Kier alpha value is -0.841. The summed E-state index contributed by atoms with van der Waals surface area (Å²) in [4.78, 5) is 0. The SMILES string of the molecule is CCCC[C](CCCC)(CCCC)[Sn][c]1nnn(-c2ccccc2CC)c1C. The molecule has 0 N–H and O–H groups in total. The van der Waals surface area contributed by atoms with E-state index in [0.29, 0.717) is 3.43 Å². The number of hydrogen-bond donors (Lipinski definition) is 0. The average molecular weight is 488 g/mol. The molecule has 0 unspecified atom stereocenters. The molecular formula is C24H39N3Sn. The molecule has 0 saturated carbocycles. The number of para-hydroxylation sites is 1. The molecule has 0 aliphatic rings. The van der Waals surface area contributed by atoms with Crippen LogP contribution in [0.3, 0.4) is 0 Å². The fourth-order valence-electron chi connectivity index (χ4n) is 4.05. The zero-order valence-corrected chi connectivity index (χ0v) is 21.6. The molecule has 0 amide bonds. The maximum absolute atomic E-state index is 4.77. The van der Waals surface area contributed by atoms with Crippen molar-refractivity contribution < 1.29 is 0 Å². The van der Waals surface area contributed by atoms with Gasteiger partial charge in [0.15, 0.2) is 0 Å². The molecule has 0 aliphatic heterocycles. The predicted molar refractivity (Wildman–Crippen MR) is 122 cm³/mol. The monoisotopic (exact) mass is 489 g/mol. The molecule has 2 radical (unpaired) electrons. The second-order valence-electron chi connectivity index (χ2n) is 8.13. The van der Waals surface area contributed by atoms with E-state index in [1.54, 1.807) is 0 Å². The topological polar surface area (TPSA) is 30.7 Å². The summed E-state index contributed by atoms with van der Waals surface area (Å²) in [7, 11) is 0. The van der Waals surface area contributed by atoms with E-state index in [0.717, 1.165) is 6.42 Å². The summed E-state index contributed by atoms with van der Waals surface area (Å²) < 4.78 is 4.04. The van der Waals surface area contributed by atoms with Crippen molar-refractivity contribution in [3.63, 3.8) is 0 Å². The first-order chi connectivity index (χ1) is 13.6. The quantitative estimate of drug-likeness (QED) is 0.315. The Kier molecular flexibility index (Phi) is 10.0. The molecule has 1 aromatic carbocycles. The van der Waals surface area contributed by atoms with Crippen molar-refractivity contribution in [3.05, 3.63) is 35.5 Å². The molecule has 2 aromatic rings. The van der Waals surface area contributed by atoms with E-state index in [4.69, 9.17) is 5.10 Å². The molecule has 0 saturated heterocycles. The van der Waals surface area contributed by atoms with Crippen LogP contribution in [0.25, 0.3) is 5.69 Å². The third kappa shape index (κ3) is 6.08. The first-order valence-corrected chi connectivity index (χ1v) is 14.2. The summed E-state index contributed by atoms with van der Waals surface area (Å²) in [6, 6.07) is 8.64. The number of hydrogen-bond acceptors (Lipinski definition) is 2. The molecule has 0 bridgehead atoms. The molecule has 0 spiro atoms. The van der Waals surface area contributed by atoms with Crippen molar-refractivity contribution >= 4 is 24.9 Å². The van der Waals surface area contributed by atoms with Crippen molar-refractivity contribution in [3.8, 4) is 5.69 Å². The summed E-state index contributed by atoms with van der Waals surface area (Å²) in [6.07, 6.45) is 13.2. The van der Waals surface area contributed by atoms with Gasteiger partial charge in [0, 0.05) is 0 Å². The molecule has 0 fully saturated rings. The number of benzene rings is 1. The Morgan fingerprint density at radius 3 is 2.00 bits per heavy atom. The number of aromatic nitrogens is 3. The standard InChI is InChI=1S/C13H27.C11H12N3.Sn/c1-4-7-10-13(11-8-5-2)12-9-6-3;1-3-10-6-4-5-7-11(10)14-9(2)8-12-13-14;/h4-12H2,1-3H3;4-7H,3H2,1-2H3;. The number of aryl methyl sites for hydroxylation is 1. The summed E-state index contributed by atoms with van der Waals surface area (Å²) >= 11 is -0.842. The molecule has 0 aliphatic carbocycles. The third-order valence-electron chi connectivity index (χ3n) is 5.91. The normalized spacial score (nSPS) is 11.9. The molecule has 3 nitrogen and oxygen atoms in total. The van der Waals surface area contributed by atoms with Gasteiger partial charge in [-0.05, 0) is 0 Å². The van der Waals surface area contributed by atoms with E-state index >= 15 is 0 Å². The number of unbranched alkanes of at least 4 members (excludes halogenated alkanes) is 3. The second-order valence-corrected chi connectivity index (χ2v) is 13.2. The summed E-state index contributed by atoms with van der Waals surface area (Å²) in [6.45, 7) is 11.5. The number of rotatable bonds is 13. The zero-order chi connectivity index (χ0) is 20.4. The van der Waals surface area contributed by atoms with Crippen molar-refractivity contribution in [2.45, 2.75) is 102 Å². The van der Waals surface area contributed by atoms with Gasteiger partial charge in [-0.25, -0.2) is 0 Å². The van der Waals surface area contributed by atoms with Gasteiger partial charge in [-0.1, -0.05) is 0 Å². The van der Waals surface area contributed by atoms with Crippen LogP contribution in [0.2, 0.25) is 3.43 Å². The summed E-state index contributed by atoms with van der Waals surface area (Å²) in [5.41, 5.74) is 3.85. The molecule has 154 valence electrons. The van der Waals surface area contributed by atoms with Gasteiger partial charge in [0.25, 0.3) is 0 Å². The van der Waals surface area contributed by atoms with Crippen molar-refractivity contribution in [1.82, 2.24) is 15.0 Å². The van der Waals surface area contributed by atoms with E-state index in [9.17, 15) is 0 Å². The van der Waals surface area contributed by atoms with Gasteiger partial charge < -0.3 is 0 Å². The van der Waals surface area contributed by atoms with Crippen LogP contribution >= 0.6 is 0 Å². The van der Waals surface area contributed by atoms with Gasteiger partial charge in [0.2, 0.25) is 0 Å². The van der Waals surface area contributed by atoms with E-state index in [1.165, 1.54) is 78.4 Å². The van der Waals surface area contributed by atoms with Crippen molar-refractivity contribution in [2.24, 2.45) is 0 Å². The van der Waals surface area contributed by atoms with Crippen LogP contribution in [0.5, 0.6) is 0 Å². The fourth-order valence-corrected chi connectivity index (χ4v) is 9.16. The van der Waals surface area contributed by atoms with E-state index in [-0.39, 0.29) is 0 Å². The first kappa shape index (κ1) is 23.4. The van der Waals surface area contributed by atoms with Crippen LogP contribution in [-0.2, 0) is 6.42 Å². The average Bonchev–Trinajstić information content (AvgIpc) is 3.08. The van der Waals surface area contributed by atoms with Gasteiger partial charge >= 0.3 is 183 Å². The van der Waals surface area contributed by atoms with Crippen LogP contribution in [0.15, 0.2) is 24.3 Å². The van der Waals surface area contributed by atoms with Crippen LogP contribution < -0.4 is 3.71 Å². The zero-order valence-electron chi connectivity index (χ0n) is 18.7. The van der Waals surface area contributed by atoms with Crippen LogP contribution in [0.1, 0.15) is 96.7 Å². The maximum atomic E-state index is 4.77. The Balaban J connectivity index is 2.34. The van der Waals surface area contributed by atoms with Gasteiger partial charge in [-0.2, -0.15) is 0 Å². The molecule has 4 heteroatoms. The number of nitrogens with zero attached hydrogens (tertiary/aromatic N) is 3. The molecule has 2 rings (SSSR count). The summed E-state index contributed by atoms with van der Waals surface area (Å²) in [5.74, 6) is 0. The molecular weight excluding hydrogens is 449 g/mol. The van der Waals surface area contributed by atoms with Crippen LogP contribution in [-0.4, -0.2) is 36.1 Å². The Labute approximate surface area is 182 Å². The summed E-state index contributed by atoms with van der Waals surface area (Å²) in [5, 5.41) is 9.39. The Morgan fingerprint density at radius 2 is 1.46 bits per heavy atom. The fraction of sp³-hybridized carbons (Fsp3) is 0.667. The second kappa shape index (κ2) is 12.0. The van der Waals surface area contributed by atoms with E-state index in [2.05, 4.69) is 68.8 Å². The first-order valence-electron chi connectivity index (χ1n) is 11.4. The third-order valence-corrected chi connectivity index (χ3v) is 11.6. The van der Waals surface area contributed by atoms with Crippen molar-refractivity contribution in [1.29, 1.82) is 0 Å². The predicted octanol–water partition coefficient (Wildman–Crippen LogP) is 6.20. The van der Waals surface area contributed by atoms with E-state index < -0.39 is 21.1 Å². The van der Waals surface area contributed by atoms with Crippen molar-refractivity contribution in [2.75, 3.05) is 0 Å². The van der Waals surface area contributed by atoms with Gasteiger partial charge in [0.05, 0.1) is 0 Å². The molecule has 28 heavy (non-hydrogen) atoms. The Bertz CT molecular complexity index is 686. The van der Waals surface area contributed by atoms with Gasteiger partial charge in [0.1, 0.15) is 0 Å². The Morgan fingerprint density at radius 1 is 0.893 bits per heavy atom. The van der Waals surface area contributed by atoms with Crippen LogP contribution in [0, 0.1) is 6.92 Å². The molecule has 0 atom stereocenters. The van der Waals surface area contributed by atoms with Gasteiger partial charge in [-0.15, -0.1) is 0 Å². The minimum atomic E-state index is -0.842. The van der Waals surface area contributed by atoms with E-state index in [1.807, 2.05) is 0 Å². The molecule has 1 heterocycles. The minimum absolute atomic E-state index is 0.557. The molecule has 1 aromatic heterocycles.